The smallest absolute Gasteiger partial charge is 0.257 e. The second-order valence-corrected chi connectivity index (χ2v) is 5.74. The third-order valence-corrected chi connectivity index (χ3v) is 4.13. The van der Waals surface area contributed by atoms with E-state index >= 15 is 0 Å². The number of rotatable bonds is 3. The lowest BCUT2D eigenvalue weighted by Crippen LogP contribution is -2.34. The third-order valence-electron chi connectivity index (χ3n) is 4.13. The van der Waals surface area contributed by atoms with E-state index in [1.807, 2.05) is 29.2 Å². The molecule has 1 aromatic heterocycles. The van der Waals surface area contributed by atoms with Gasteiger partial charge in [0, 0.05) is 32.7 Å². The van der Waals surface area contributed by atoms with E-state index < -0.39 is 0 Å². The van der Waals surface area contributed by atoms with Gasteiger partial charge in [0.2, 0.25) is 0 Å². The lowest BCUT2D eigenvalue weighted by atomic mass is 10.1. The van der Waals surface area contributed by atoms with E-state index in [-0.39, 0.29) is 5.91 Å². The van der Waals surface area contributed by atoms with Gasteiger partial charge in [-0.05, 0) is 30.2 Å². The van der Waals surface area contributed by atoms with Crippen LogP contribution in [0.25, 0.3) is 0 Å². The first-order valence-corrected chi connectivity index (χ1v) is 7.79. The molecule has 0 spiro atoms. The number of hydrogen-bond acceptors (Lipinski definition) is 4. The minimum absolute atomic E-state index is 0.0407. The summed E-state index contributed by atoms with van der Waals surface area (Å²) in [4.78, 5) is 16.6. The van der Waals surface area contributed by atoms with Crippen LogP contribution in [-0.2, 0) is 6.54 Å². The molecular formula is C18H19N3O2. The maximum Gasteiger partial charge on any atom is 0.257 e. The quantitative estimate of drug-likeness (QED) is 0.874. The normalized spacial score (nSPS) is 15.9. The van der Waals surface area contributed by atoms with Gasteiger partial charge < -0.3 is 9.32 Å². The van der Waals surface area contributed by atoms with Gasteiger partial charge in [-0.3, -0.25) is 9.69 Å². The Morgan fingerprint density at radius 3 is 2.65 bits per heavy atom. The Hall–Kier alpha value is -2.58. The number of nitrogens with zero attached hydrogens (tertiary/aromatic N) is 3. The summed E-state index contributed by atoms with van der Waals surface area (Å²) >= 11 is 0. The molecule has 0 atom stereocenters. The zero-order valence-corrected chi connectivity index (χ0v) is 12.9. The first-order valence-electron chi connectivity index (χ1n) is 7.79. The van der Waals surface area contributed by atoms with Gasteiger partial charge in [-0.2, -0.15) is 5.26 Å². The molecule has 0 bridgehead atoms. The molecule has 1 aliphatic rings. The summed E-state index contributed by atoms with van der Waals surface area (Å²) in [5.41, 5.74) is 2.49. The molecule has 5 heteroatoms. The van der Waals surface area contributed by atoms with Crippen LogP contribution >= 0.6 is 0 Å². The summed E-state index contributed by atoms with van der Waals surface area (Å²) in [7, 11) is 0. The molecule has 1 aromatic carbocycles. The summed E-state index contributed by atoms with van der Waals surface area (Å²) in [5, 5.41) is 8.84. The number of carbonyl (C=O) groups is 1. The molecule has 2 heterocycles. The summed E-state index contributed by atoms with van der Waals surface area (Å²) in [6, 6.07) is 11.5. The van der Waals surface area contributed by atoms with Crippen molar-refractivity contribution in [1.82, 2.24) is 9.80 Å². The molecule has 0 aliphatic carbocycles. The molecule has 1 amide bonds. The lowest BCUT2D eigenvalue weighted by molar-refractivity contribution is 0.0760. The first kappa shape index (κ1) is 15.3. The number of benzene rings is 1. The predicted octanol–water partition coefficient (Wildman–Crippen LogP) is 2.50. The number of amides is 1. The second kappa shape index (κ2) is 7.12. The molecule has 118 valence electrons. The van der Waals surface area contributed by atoms with Crippen LogP contribution in [0.1, 0.15) is 27.9 Å². The van der Waals surface area contributed by atoms with Crippen molar-refractivity contribution in [3.05, 3.63) is 59.5 Å². The highest BCUT2D eigenvalue weighted by atomic mass is 16.3. The molecule has 1 saturated heterocycles. The van der Waals surface area contributed by atoms with Crippen molar-refractivity contribution in [3.63, 3.8) is 0 Å². The molecule has 2 aromatic rings. The fourth-order valence-corrected chi connectivity index (χ4v) is 2.84. The highest BCUT2D eigenvalue weighted by molar-refractivity contribution is 5.93. The van der Waals surface area contributed by atoms with Crippen molar-refractivity contribution in [2.75, 3.05) is 26.2 Å². The average molecular weight is 309 g/mol. The fourth-order valence-electron chi connectivity index (χ4n) is 2.84. The molecule has 0 unspecified atom stereocenters. The van der Waals surface area contributed by atoms with Crippen LogP contribution in [0, 0.1) is 11.3 Å². The topological polar surface area (TPSA) is 60.5 Å². The zero-order chi connectivity index (χ0) is 16.1. The van der Waals surface area contributed by atoms with E-state index in [9.17, 15) is 4.79 Å². The average Bonchev–Trinajstić information content (AvgIpc) is 3.02. The first-order chi connectivity index (χ1) is 11.3. The standard InChI is InChI=1S/C18H19N3O2/c19-12-15-2-4-16(5-3-15)13-20-7-1-8-21(10-9-20)18(22)17-6-11-23-14-17/h2-6,11,14H,1,7-10,13H2. The van der Waals surface area contributed by atoms with E-state index in [4.69, 9.17) is 9.68 Å². The summed E-state index contributed by atoms with van der Waals surface area (Å²) in [5.74, 6) is 0.0407. The Morgan fingerprint density at radius 1 is 1.13 bits per heavy atom. The number of nitriles is 1. The Kier molecular flexibility index (Phi) is 4.74. The molecule has 0 N–H and O–H groups in total. The SMILES string of the molecule is N#Cc1ccc(CN2CCCN(C(=O)c3ccoc3)CC2)cc1. The van der Waals surface area contributed by atoms with Gasteiger partial charge >= 0.3 is 0 Å². The number of carbonyl (C=O) groups excluding carboxylic acids is 1. The zero-order valence-electron chi connectivity index (χ0n) is 12.9. The summed E-state index contributed by atoms with van der Waals surface area (Å²) in [6.45, 7) is 4.16. The van der Waals surface area contributed by atoms with Gasteiger partial charge in [-0.1, -0.05) is 12.1 Å². The van der Waals surface area contributed by atoms with Crippen molar-refractivity contribution >= 4 is 5.91 Å². The molecular weight excluding hydrogens is 290 g/mol. The monoisotopic (exact) mass is 309 g/mol. The molecule has 0 saturated carbocycles. The molecule has 1 aliphatic heterocycles. The van der Waals surface area contributed by atoms with E-state index in [1.165, 1.54) is 18.1 Å². The van der Waals surface area contributed by atoms with Crippen molar-refractivity contribution in [1.29, 1.82) is 5.26 Å². The third kappa shape index (κ3) is 3.79. The van der Waals surface area contributed by atoms with E-state index in [0.717, 1.165) is 39.1 Å². The Labute approximate surface area is 135 Å². The van der Waals surface area contributed by atoms with Gasteiger partial charge in [0.05, 0.1) is 23.5 Å². The predicted molar refractivity (Wildman–Crippen MR) is 85.7 cm³/mol. The van der Waals surface area contributed by atoms with Crippen LogP contribution in [0.15, 0.2) is 47.3 Å². The Balaban J connectivity index is 1.58. The molecule has 1 fully saturated rings. The van der Waals surface area contributed by atoms with Crippen LogP contribution in [-0.4, -0.2) is 41.9 Å². The van der Waals surface area contributed by atoms with Crippen LogP contribution in [0.3, 0.4) is 0 Å². The number of furan rings is 1. The van der Waals surface area contributed by atoms with Gasteiger partial charge in [-0.25, -0.2) is 0 Å². The van der Waals surface area contributed by atoms with Crippen molar-refractivity contribution in [2.24, 2.45) is 0 Å². The lowest BCUT2D eigenvalue weighted by Gasteiger charge is -2.21. The molecule has 3 rings (SSSR count). The fraction of sp³-hybridized carbons (Fsp3) is 0.333. The molecule has 23 heavy (non-hydrogen) atoms. The molecule has 5 nitrogen and oxygen atoms in total. The minimum atomic E-state index is 0.0407. The second-order valence-electron chi connectivity index (χ2n) is 5.74. The van der Waals surface area contributed by atoms with E-state index in [0.29, 0.717) is 11.1 Å². The van der Waals surface area contributed by atoms with Crippen LogP contribution in [0.2, 0.25) is 0 Å². The van der Waals surface area contributed by atoms with Crippen LogP contribution in [0.5, 0.6) is 0 Å². The van der Waals surface area contributed by atoms with Gasteiger partial charge in [-0.15, -0.1) is 0 Å². The Morgan fingerprint density at radius 2 is 1.96 bits per heavy atom. The van der Waals surface area contributed by atoms with Gasteiger partial charge in [0.15, 0.2) is 0 Å². The van der Waals surface area contributed by atoms with Crippen molar-refractivity contribution in [3.8, 4) is 6.07 Å². The van der Waals surface area contributed by atoms with Crippen molar-refractivity contribution < 1.29 is 9.21 Å². The maximum atomic E-state index is 12.4. The van der Waals surface area contributed by atoms with Gasteiger partial charge in [0.25, 0.3) is 5.91 Å². The minimum Gasteiger partial charge on any atom is -0.472 e. The van der Waals surface area contributed by atoms with Crippen molar-refractivity contribution in [2.45, 2.75) is 13.0 Å². The maximum absolute atomic E-state index is 12.4. The molecule has 0 radical (unpaired) electrons. The van der Waals surface area contributed by atoms with Crippen LogP contribution in [0.4, 0.5) is 0 Å². The van der Waals surface area contributed by atoms with Crippen LogP contribution < -0.4 is 0 Å². The van der Waals surface area contributed by atoms with Gasteiger partial charge in [0.1, 0.15) is 6.26 Å². The summed E-state index contributed by atoms with van der Waals surface area (Å²) in [6.07, 6.45) is 3.99. The van der Waals surface area contributed by atoms with E-state index in [2.05, 4.69) is 11.0 Å². The highest BCUT2D eigenvalue weighted by Gasteiger charge is 2.20. The number of hydrogen-bond donors (Lipinski definition) is 0. The van der Waals surface area contributed by atoms with E-state index in [1.54, 1.807) is 6.07 Å². The summed E-state index contributed by atoms with van der Waals surface area (Å²) < 4.78 is 5.00. The Bertz CT molecular complexity index is 686. The highest BCUT2D eigenvalue weighted by Crippen LogP contribution is 2.13. The largest absolute Gasteiger partial charge is 0.472 e.